The van der Waals surface area contributed by atoms with Crippen LogP contribution in [-0.4, -0.2) is 87.5 Å². The van der Waals surface area contributed by atoms with Crippen molar-refractivity contribution < 1.29 is 27.5 Å². The Bertz CT molecular complexity index is 1370. The molecule has 1 aliphatic rings. The Labute approximate surface area is 264 Å². The summed E-state index contributed by atoms with van der Waals surface area (Å²) in [5, 5.41) is 2.02. The van der Waals surface area contributed by atoms with Crippen LogP contribution in [0.15, 0.2) is 83.1 Å². The Hall–Kier alpha value is -2.96. The molecule has 1 amide bonds. The molecule has 43 heavy (non-hydrogen) atoms. The third kappa shape index (κ3) is 9.77. The Morgan fingerprint density at radius 3 is 2.26 bits per heavy atom. The number of nitrogens with zero attached hydrogens (tertiary/aromatic N) is 3. The van der Waals surface area contributed by atoms with Crippen molar-refractivity contribution in [2.45, 2.75) is 42.7 Å². The first kappa shape index (κ1) is 34.5. The molecule has 1 aromatic heterocycles. The van der Waals surface area contributed by atoms with Crippen molar-refractivity contribution in [3.05, 3.63) is 88.6 Å². The van der Waals surface area contributed by atoms with E-state index in [1.54, 1.807) is 48.7 Å². The van der Waals surface area contributed by atoms with Crippen molar-refractivity contribution in [2.24, 2.45) is 0 Å². The van der Waals surface area contributed by atoms with E-state index in [9.17, 15) is 18.0 Å². The second-order valence-corrected chi connectivity index (χ2v) is 13.4. The molecule has 0 radical (unpaired) electrons. The van der Waals surface area contributed by atoms with Crippen molar-refractivity contribution in [1.29, 1.82) is 0 Å². The average molecular weight is 650 g/mol. The van der Waals surface area contributed by atoms with Gasteiger partial charge in [0.15, 0.2) is 0 Å². The van der Waals surface area contributed by atoms with Gasteiger partial charge in [0.05, 0.1) is 12.0 Å². The third-order valence-corrected chi connectivity index (χ3v) is 10.5. The number of sulfonamides is 1. The van der Waals surface area contributed by atoms with Crippen molar-refractivity contribution in [3.8, 4) is 0 Å². The molecule has 0 saturated carbocycles. The lowest BCUT2D eigenvalue weighted by Gasteiger charge is -2.38. The maximum atomic E-state index is 13.2. The van der Waals surface area contributed by atoms with E-state index in [-0.39, 0.29) is 37.5 Å². The largest absolute Gasteiger partial charge is 0.468 e. The van der Waals surface area contributed by atoms with E-state index in [0.29, 0.717) is 24.3 Å². The highest BCUT2D eigenvalue weighted by Crippen LogP contribution is 2.28. The van der Waals surface area contributed by atoms with E-state index in [0.717, 1.165) is 36.5 Å². The smallest absolute Gasteiger partial charge is 0.410 e. The number of piperidine rings is 1. The fourth-order valence-corrected chi connectivity index (χ4v) is 7.26. The van der Waals surface area contributed by atoms with E-state index in [1.165, 1.54) is 16.3 Å². The maximum Gasteiger partial charge on any atom is 0.410 e. The molecule has 1 aliphatic heterocycles. The zero-order chi connectivity index (χ0) is 30.0. The van der Waals surface area contributed by atoms with Gasteiger partial charge in [0.25, 0.3) is 0 Å². The molecule has 0 aliphatic carbocycles. The highest BCUT2D eigenvalue weighted by Gasteiger charge is 2.32. The van der Waals surface area contributed by atoms with E-state index < -0.39 is 22.1 Å². The molecule has 234 valence electrons. The van der Waals surface area contributed by atoms with Gasteiger partial charge in [-0.1, -0.05) is 54.6 Å². The van der Waals surface area contributed by atoms with E-state index in [2.05, 4.69) is 11.0 Å². The van der Waals surface area contributed by atoms with Crippen LogP contribution < -0.4 is 0 Å². The van der Waals surface area contributed by atoms with Crippen molar-refractivity contribution >= 4 is 45.8 Å². The Morgan fingerprint density at radius 2 is 1.65 bits per heavy atom. The summed E-state index contributed by atoms with van der Waals surface area (Å²) in [6.45, 7) is 2.66. The van der Waals surface area contributed by atoms with Gasteiger partial charge in [0.1, 0.15) is 13.2 Å². The van der Waals surface area contributed by atoms with Crippen LogP contribution >= 0.6 is 23.7 Å². The van der Waals surface area contributed by atoms with E-state index in [4.69, 9.17) is 9.47 Å². The normalized spacial score (nSPS) is 15.0. The number of methoxy groups -OCH3 is 1. The second-order valence-electron chi connectivity index (χ2n) is 10.4. The summed E-state index contributed by atoms with van der Waals surface area (Å²) in [6, 6.07) is 21.9. The molecule has 9 nitrogen and oxygen atoms in total. The van der Waals surface area contributed by atoms with Gasteiger partial charge in [-0.05, 0) is 54.9 Å². The molecule has 2 aromatic carbocycles. The van der Waals surface area contributed by atoms with Gasteiger partial charge in [-0.15, -0.1) is 23.7 Å². The van der Waals surface area contributed by atoms with Crippen molar-refractivity contribution in [2.75, 3.05) is 46.9 Å². The quantitative estimate of drug-likeness (QED) is 0.234. The van der Waals surface area contributed by atoms with Crippen molar-refractivity contribution in [1.82, 2.24) is 14.1 Å². The lowest BCUT2D eigenvalue weighted by atomic mass is 10.00. The van der Waals surface area contributed by atoms with Gasteiger partial charge >= 0.3 is 12.1 Å². The molecule has 1 fully saturated rings. The predicted molar refractivity (Wildman–Crippen MR) is 170 cm³/mol. The van der Waals surface area contributed by atoms with Crippen LogP contribution in [0.3, 0.4) is 0 Å². The SMILES string of the molecule is COC(=O)CN(C(=O)OCc1ccccc1)C1CCN(CCC(CN(C)S(=O)(=O)c2ccccc2)c2cccs2)CC1.Cl. The minimum absolute atomic E-state index is 0. The fourth-order valence-electron chi connectivity index (χ4n) is 5.17. The number of hydrogen-bond donors (Lipinski definition) is 0. The molecule has 0 spiro atoms. The molecule has 3 aromatic rings. The van der Waals surface area contributed by atoms with Crippen LogP contribution in [0.2, 0.25) is 0 Å². The Balaban J connectivity index is 0.00000506. The number of esters is 1. The first-order valence-electron chi connectivity index (χ1n) is 14.1. The summed E-state index contributed by atoms with van der Waals surface area (Å²) < 4.78 is 38.2. The number of likely N-dealkylation sites (tertiary alicyclic amines) is 1. The van der Waals surface area contributed by atoms with Crippen LogP contribution in [-0.2, 0) is 30.9 Å². The van der Waals surface area contributed by atoms with E-state index in [1.807, 2.05) is 41.8 Å². The number of rotatable bonds is 13. The van der Waals surface area contributed by atoms with E-state index >= 15 is 0 Å². The number of amides is 1. The first-order chi connectivity index (χ1) is 20.3. The number of benzene rings is 2. The van der Waals surface area contributed by atoms with Crippen LogP contribution in [0.1, 0.15) is 35.6 Å². The maximum absolute atomic E-state index is 13.2. The Morgan fingerprint density at radius 1 is 1.00 bits per heavy atom. The number of carbonyl (C=O) groups excluding carboxylic acids is 2. The molecule has 0 N–H and O–H groups in total. The molecule has 4 rings (SSSR count). The molecule has 0 bridgehead atoms. The lowest BCUT2D eigenvalue weighted by molar-refractivity contribution is -0.142. The topological polar surface area (TPSA) is 96.5 Å². The number of halogens is 1. The zero-order valence-electron chi connectivity index (χ0n) is 24.5. The van der Waals surface area contributed by atoms with Gasteiger partial charge in [0, 0.05) is 43.5 Å². The summed E-state index contributed by atoms with van der Waals surface area (Å²) in [7, 11) is -0.640. The lowest BCUT2D eigenvalue weighted by Crippen LogP contribution is -2.49. The standard InChI is InChI=1S/C31H39N3O6S2.ClH/c1-32(42(37,38)28-12-7-4-8-13-28)22-26(29-14-9-21-41-29)15-18-33-19-16-27(17-20-33)34(23-30(35)39-2)31(36)40-24-25-10-5-3-6-11-25;/h3-14,21,26-27H,15-20,22-24H2,1-2H3;1H. The molecule has 1 unspecified atom stereocenters. The number of thiophene rings is 1. The van der Waals surface area contributed by atoms with Crippen LogP contribution in [0.4, 0.5) is 4.79 Å². The van der Waals surface area contributed by atoms with Crippen LogP contribution in [0.5, 0.6) is 0 Å². The van der Waals surface area contributed by atoms with Gasteiger partial charge in [-0.25, -0.2) is 17.5 Å². The first-order valence-corrected chi connectivity index (χ1v) is 16.4. The number of likely N-dealkylation sites (N-methyl/N-ethyl adjacent to an activating group) is 1. The predicted octanol–water partition coefficient (Wildman–Crippen LogP) is 5.24. The molecule has 12 heteroatoms. The minimum Gasteiger partial charge on any atom is -0.468 e. The van der Waals surface area contributed by atoms with Gasteiger partial charge in [-0.2, -0.15) is 0 Å². The highest BCUT2D eigenvalue weighted by atomic mass is 35.5. The summed E-state index contributed by atoms with van der Waals surface area (Å²) >= 11 is 1.64. The second kappa shape index (κ2) is 16.8. The minimum atomic E-state index is -3.59. The average Bonchev–Trinajstić information content (AvgIpc) is 3.57. The van der Waals surface area contributed by atoms with Gasteiger partial charge in [-0.3, -0.25) is 9.69 Å². The molecule has 1 atom stereocenters. The number of ether oxygens (including phenoxy) is 2. The summed E-state index contributed by atoms with van der Waals surface area (Å²) in [5.74, 6) is -0.433. The van der Waals surface area contributed by atoms with Crippen LogP contribution in [0.25, 0.3) is 0 Å². The molecular weight excluding hydrogens is 610 g/mol. The summed E-state index contributed by atoms with van der Waals surface area (Å²) in [6.07, 6.45) is 1.67. The number of carbonyl (C=O) groups is 2. The molecule has 2 heterocycles. The van der Waals surface area contributed by atoms with Gasteiger partial charge in [0.2, 0.25) is 10.0 Å². The molecule has 1 saturated heterocycles. The third-order valence-electron chi connectivity index (χ3n) is 7.63. The number of hydrogen-bond acceptors (Lipinski definition) is 8. The van der Waals surface area contributed by atoms with Crippen LogP contribution in [0, 0.1) is 0 Å². The Kier molecular flexibility index (Phi) is 13.5. The fraction of sp³-hybridized carbons (Fsp3) is 0.419. The summed E-state index contributed by atoms with van der Waals surface area (Å²) in [4.78, 5) is 30.4. The van der Waals surface area contributed by atoms with Gasteiger partial charge < -0.3 is 14.4 Å². The summed E-state index contributed by atoms with van der Waals surface area (Å²) in [5.41, 5.74) is 0.876. The zero-order valence-corrected chi connectivity index (χ0v) is 27.0. The highest BCUT2D eigenvalue weighted by molar-refractivity contribution is 7.89. The monoisotopic (exact) mass is 649 g/mol. The van der Waals surface area contributed by atoms with Crippen molar-refractivity contribution in [3.63, 3.8) is 0 Å². The molecular formula is C31H40ClN3O6S2.